The molecule has 0 aromatic heterocycles. The predicted molar refractivity (Wildman–Crippen MR) is 118 cm³/mol. The van der Waals surface area contributed by atoms with Crippen LogP contribution in [0.3, 0.4) is 0 Å². The second kappa shape index (κ2) is 9.15. The first-order chi connectivity index (χ1) is 14.4. The molecule has 2 aliphatic rings. The molecule has 166 valence electrons. The van der Waals surface area contributed by atoms with Gasteiger partial charge in [0, 0.05) is 39.1 Å². The number of halogens is 1. The van der Waals surface area contributed by atoms with Crippen LogP contribution in [0.15, 0.2) is 53.4 Å². The van der Waals surface area contributed by atoms with Crippen LogP contribution in [-0.2, 0) is 14.8 Å². The minimum Gasteiger partial charge on any atom is -0.495 e. The molecule has 0 unspecified atom stereocenters. The molecular weight excluding hydrogens is 442 g/mol. The number of rotatable bonds is 5. The fourth-order valence-corrected chi connectivity index (χ4v) is 5.46. The van der Waals surface area contributed by atoms with Crippen molar-refractivity contribution in [3.05, 3.63) is 54.1 Å². The van der Waals surface area contributed by atoms with Crippen LogP contribution in [0.5, 0.6) is 5.75 Å². The van der Waals surface area contributed by atoms with Crippen LogP contribution >= 0.6 is 12.4 Å². The molecule has 0 spiro atoms. The van der Waals surface area contributed by atoms with E-state index in [1.165, 1.54) is 12.1 Å². The summed E-state index contributed by atoms with van der Waals surface area (Å²) >= 11 is 0. The van der Waals surface area contributed by atoms with Gasteiger partial charge in [-0.05, 0) is 24.3 Å². The first-order valence-corrected chi connectivity index (χ1v) is 11.2. The number of methoxy groups -OCH3 is 1. The van der Waals surface area contributed by atoms with E-state index in [1.807, 2.05) is 24.3 Å². The summed E-state index contributed by atoms with van der Waals surface area (Å²) in [6, 6.07) is 13.9. The molecule has 0 saturated carbocycles. The number of hydrogen-bond donors (Lipinski definition) is 0. The van der Waals surface area contributed by atoms with Gasteiger partial charge in [-0.2, -0.15) is 0 Å². The Morgan fingerprint density at radius 3 is 2.32 bits per heavy atom. The number of carbonyl (C=O) groups excluding carboxylic acids is 2. The third kappa shape index (κ3) is 4.20. The van der Waals surface area contributed by atoms with E-state index in [0.717, 1.165) is 15.7 Å². The van der Waals surface area contributed by atoms with E-state index in [0.29, 0.717) is 26.2 Å². The number of benzene rings is 2. The molecule has 0 radical (unpaired) electrons. The monoisotopic (exact) mass is 465 g/mol. The highest BCUT2D eigenvalue weighted by atomic mass is 35.5. The Labute approximate surface area is 187 Å². The van der Waals surface area contributed by atoms with E-state index in [-0.39, 0.29) is 41.7 Å². The van der Waals surface area contributed by atoms with E-state index < -0.39 is 15.9 Å². The first kappa shape index (κ1) is 22.9. The molecule has 0 atom stereocenters. The number of nitrogens with zero attached hydrogens (tertiary/aromatic N) is 3. The second-order valence-electron chi connectivity index (χ2n) is 7.17. The van der Waals surface area contributed by atoms with Gasteiger partial charge in [0.25, 0.3) is 15.9 Å². The van der Waals surface area contributed by atoms with Gasteiger partial charge >= 0.3 is 0 Å². The summed E-state index contributed by atoms with van der Waals surface area (Å²) in [6.45, 7) is 2.20. The van der Waals surface area contributed by atoms with Crippen LogP contribution in [0.25, 0.3) is 0 Å². The van der Waals surface area contributed by atoms with Crippen molar-refractivity contribution in [2.75, 3.05) is 44.7 Å². The van der Waals surface area contributed by atoms with Crippen LogP contribution in [0.1, 0.15) is 16.8 Å². The molecular formula is C21H24ClN3O5S. The van der Waals surface area contributed by atoms with Crippen LogP contribution < -0.4 is 9.64 Å². The zero-order valence-corrected chi connectivity index (χ0v) is 18.7. The zero-order chi connectivity index (χ0) is 21.3. The minimum absolute atomic E-state index is 0. The minimum atomic E-state index is -3.88. The van der Waals surface area contributed by atoms with Gasteiger partial charge in [-0.1, -0.05) is 24.3 Å². The van der Waals surface area contributed by atoms with Gasteiger partial charge in [0.2, 0.25) is 5.91 Å². The number of fused-ring (bicyclic) bond motifs is 1. The van der Waals surface area contributed by atoms with Crippen LogP contribution in [0.2, 0.25) is 0 Å². The number of amides is 2. The second-order valence-corrected chi connectivity index (χ2v) is 9.00. The molecule has 1 fully saturated rings. The Kier molecular flexibility index (Phi) is 6.76. The molecule has 4 rings (SSSR count). The molecule has 2 aromatic carbocycles. The highest BCUT2D eigenvalue weighted by Crippen LogP contribution is 2.30. The van der Waals surface area contributed by atoms with Crippen molar-refractivity contribution in [3.63, 3.8) is 0 Å². The number of anilines is 1. The Balaban J connectivity index is 0.00000272. The van der Waals surface area contributed by atoms with Gasteiger partial charge in [0.05, 0.1) is 18.4 Å². The smallest absolute Gasteiger partial charge is 0.269 e. The molecule has 31 heavy (non-hydrogen) atoms. The molecule has 0 N–H and O–H groups in total. The van der Waals surface area contributed by atoms with E-state index >= 15 is 0 Å². The fourth-order valence-electron chi connectivity index (χ4n) is 3.90. The van der Waals surface area contributed by atoms with Crippen molar-refractivity contribution >= 4 is 39.9 Å². The summed E-state index contributed by atoms with van der Waals surface area (Å²) in [4.78, 5) is 29.0. The fraction of sp³-hybridized carbons (Fsp3) is 0.333. The van der Waals surface area contributed by atoms with Gasteiger partial charge in [0.1, 0.15) is 10.6 Å². The van der Waals surface area contributed by atoms with Gasteiger partial charge in [0.15, 0.2) is 0 Å². The Morgan fingerprint density at radius 2 is 1.65 bits per heavy atom. The summed E-state index contributed by atoms with van der Waals surface area (Å²) in [5.41, 5.74) is 1.15. The normalized spacial score (nSPS) is 17.2. The number of ether oxygens (including phenoxy) is 1. The molecule has 10 heteroatoms. The topological polar surface area (TPSA) is 87.2 Å². The highest BCUT2D eigenvalue weighted by molar-refractivity contribution is 7.90. The van der Waals surface area contributed by atoms with Gasteiger partial charge < -0.3 is 14.5 Å². The molecule has 2 amide bonds. The highest BCUT2D eigenvalue weighted by Gasteiger charge is 2.41. The summed E-state index contributed by atoms with van der Waals surface area (Å²) in [7, 11) is -2.25. The summed E-state index contributed by atoms with van der Waals surface area (Å²) in [5, 5.41) is 0. The van der Waals surface area contributed by atoms with Crippen LogP contribution in [0, 0.1) is 0 Å². The zero-order valence-electron chi connectivity index (χ0n) is 17.1. The summed E-state index contributed by atoms with van der Waals surface area (Å²) in [5.74, 6) is 0.0580. The van der Waals surface area contributed by atoms with Gasteiger partial charge in [-0.3, -0.25) is 9.59 Å². The standard InChI is InChI=1S/C21H23N3O5S.ClH/c1-29-18-8-4-3-7-17(18)22-12-14-23(15-13-22)20(25)10-11-24-21(26)16-6-2-5-9-19(16)30(24,27)28;/h2-9H,10-15H2,1H3;1H. The lowest BCUT2D eigenvalue weighted by Crippen LogP contribution is -2.49. The lowest BCUT2D eigenvalue weighted by molar-refractivity contribution is -0.131. The van der Waals surface area contributed by atoms with E-state index in [9.17, 15) is 18.0 Å². The van der Waals surface area contributed by atoms with E-state index in [4.69, 9.17) is 4.74 Å². The lowest BCUT2D eigenvalue weighted by atomic mass is 10.2. The SMILES string of the molecule is COc1ccccc1N1CCN(C(=O)CCN2C(=O)c3ccccc3S2(=O)=O)CC1.Cl. The summed E-state index contributed by atoms with van der Waals surface area (Å²) in [6.07, 6.45) is -0.0341. The van der Waals surface area contributed by atoms with Crippen molar-refractivity contribution in [2.24, 2.45) is 0 Å². The maximum Gasteiger partial charge on any atom is 0.269 e. The molecule has 1 saturated heterocycles. The molecule has 8 nitrogen and oxygen atoms in total. The van der Waals surface area contributed by atoms with E-state index in [2.05, 4.69) is 4.90 Å². The Bertz CT molecular complexity index is 1080. The van der Waals surface area contributed by atoms with Gasteiger partial charge in [-0.15, -0.1) is 12.4 Å². The number of sulfonamides is 1. The van der Waals surface area contributed by atoms with Crippen LogP contribution in [-0.4, -0.2) is 69.3 Å². The Morgan fingerprint density at radius 1 is 1.00 bits per heavy atom. The molecule has 2 aliphatic heterocycles. The van der Waals surface area contributed by atoms with Crippen molar-refractivity contribution in [1.29, 1.82) is 0 Å². The molecule has 2 aromatic rings. The third-order valence-corrected chi connectivity index (χ3v) is 7.34. The number of hydrogen-bond acceptors (Lipinski definition) is 6. The average molecular weight is 466 g/mol. The number of carbonyl (C=O) groups is 2. The maximum atomic E-state index is 12.7. The van der Waals surface area contributed by atoms with Crippen molar-refractivity contribution < 1.29 is 22.7 Å². The van der Waals surface area contributed by atoms with Crippen LogP contribution in [0.4, 0.5) is 5.69 Å². The van der Waals surface area contributed by atoms with E-state index in [1.54, 1.807) is 24.1 Å². The molecule has 0 bridgehead atoms. The lowest BCUT2D eigenvalue weighted by Gasteiger charge is -2.36. The van der Waals surface area contributed by atoms with Gasteiger partial charge in [-0.25, -0.2) is 12.7 Å². The van der Waals surface area contributed by atoms with Crippen molar-refractivity contribution in [1.82, 2.24) is 9.21 Å². The number of piperazine rings is 1. The predicted octanol–water partition coefficient (Wildman–Crippen LogP) is 2.00. The first-order valence-electron chi connectivity index (χ1n) is 9.75. The largest absolute Gasteiger partial charge is 0.495 e. The van der Waals surface area contributed by atoms with Crippen molar-refractivity contribution in [2.45, 2.75) is 11.3 Å². The third-order valence-electron chi connectivity index (χ3n) is 5.50. The Hall–Kier alpha value is -2.78. The average Bonchev–Trinajstić information content (AvgIpc) is 2.97. The molecule has 2 heterocycles. The maximum absolute atomic E-state index is 12.7. The molecule has 0 aliphatic carbocycles. The summed E-state index contributed by atoms with van der Waals surface area (Å²) < 4.78 is 31.4. The quantitative estimate of drug-likeness (QED) is 0.671. The number of para-hydroxylation sites is 2. The van der Waals surface area contributed by atoms with Crippen molar-refractivity contribution in [3.8, 4) is 5.75 Å².